The fraction of sp³-hybridized carbons (Fsp3) is 0.231. The van der Waals surface area contributed by atoms with Gasteiger partial charge in [-0.25, -0.2) is 4.39 Å². The topological polar surface area (TPSA) is 0 Å². The Morgan fingerprint density at radius 2 is 1.57 bits per heavy atom. The van der Waals surface area contributed by atoms with Crippen molar-refractivity contribution in [1.82, 2.24) is 0 Å². The van der Waals surface area contributed by atoms with E-state index in [1.54, 1.807) is 6.07 Å². The van der Waals surface area contributed by atoms with Crippen molar-refractivity contribution < 1.29 is 4.39 Å². The summed E-state index contributed by atoms with van der Waals surface area (Å²) in [6, 6.07) is 11.1. The van der Waals surface area contributed by atoms with Crippen molar-refractivity contribution in [3.63, 3.8) is 0 Å². The lowest BCUT2D eigenvalue weighted by Gasteiger charge is -2.06. The third-order valence-corrected chi connectivity index (χ3v) is 2.49. The summed E-state index contributed by atoms with van der Waals surface area (Å²) in [5.74, 6) is 0.347. The van der Waals surface area contributed by atoms with Crippen LogP contribution < -0.4 is 0 Å². The Kier molecular flexibility index (Phi) is 2.24. The summed E-state index contributed by atoms with van der Waals surface area (Å²) in [4.78, 5) is 0. The monoisotopic (exact) mass is 188 g/mol. The molecule has 0 atom stereocenters. The van der Waals surface area contributed by atoms with Crippen molar-refractivity contribution in [3.8, 4) is 0 Å². The lowest BCUT2D eigenvalue weighted by Crippen LogP contribution is -1.86. The number of hydrogen-bond acceptors (Lipinski definition) is 0. The molecule has 0 aliphatic rings. The van der Waals surface area contributed by atoms with Gasteiger partial charge in [0.25, 0.3) is 0 Å². The largest absolute Gasteiger partial charge is 0.207 e. The molecule has 2 aromatic rings. The van der Waals surface area contributed by atoms with E-state index in [0.29, 0.717) is 5.92 Å². The Bertz CT molecular complexity index is 458. The molecule has 0 aliphatic carbocycles. The van der Waals surface area contributed by atoms with Crippen molar-refractivity contribution >= 4 is 10.8 Å². The van der Waals surface area contributed by atoms with Gasteiger partial charge in [0.05, 0.1) is 0 Å². The molecular weight excluding hydrogens is 175 g/mol. The number of rotatable bonds is 1. The maximum absolute atomic E-state index is 12.9. The number of benzene rings is 2. The van der Waals surface area contributed by atoms with Crippen molar-refractivity contribution in [2.45, 2.75) is 19.8 Å². The Hall–Kier alpha value is -1.37. The van der Waals surface area contributed by atoms with Gasteiger partial charge in [0.15, 0.2) is 0 Å². The molecule has 0 unspecified atom stereocenters. The predicted molar refractivity (Wildman–Crippen MR) is 58.0 cm³/mol. The molecule has 2 aromatic carbocycles. The Morgan fingerprint density at radius 3 is 2.29 bits per heavy atom. The standard InChI is InChI=1S/C13H13F/c1-9(2)10-3-4-12-8-13(14)6-5-11(12)7-10/h3-9H,1-2H3. The van der Waals surface area contributed by atoms with E-state index in [-0.39, 0.29) is 5.82 Å². The molecule has 0 saturated heterocycles. The van der Waals surface area contributed by atoms with Crippen LogP contribution in [0.4, 0.5) is 4.39 Å². The van der Waals surface area contributed by atoms with E-state index < -0.39 is 0 Å². The minimum absolute atomic E-state index is 0.171. The van der Waals surface area contributed by atoms with E-state index in [9.17, 15) is 4.39 Å². The van der Waals surface area contributed by atoms with Crippen molar-refractivity contribution in [2.24, 2.45) is 0 Å². The maximum atomic E-state index is 12.9. The van der Waals surface area contributed by atoms with E-state index in [1.165, 1.54) is 11.6 Å². The third-order valence-electron chi connectivity index (χ3n) is 2.49. The molecule has 0 aliphatic heterocycles. The fourth-order valence-electron chi connectivity index (χ4n) is 1.59. The van der Waals surface area contributed by atoms with Gasteiger partial charge in [0.2, 0.25) is 0 Å². The van der Waals surface area contributed by atoms with Gasteiger partial charge in [-0.15, -0.1) is 0 Å². The van der Waals surface area contributed by atoms with Crippen molar-refractivity contribution in [2.75, 3.05) is 0 Å². The zero-order valence-electron chi connectivity index (χ0n) is 8.42. The summed E-state index contributed by atoms with van der Waals surface area (Å²) in [5.41, 5.74) is 1.30. The van der Waals surface area contributed by atoms with Gasteiger partial charge in [-0.3, -0.25) is 0 Å². The van der Waals surface area contributed by atoms with E-state index in [1.807, 2.05) is 12.1 Å². The maximum Gasteiger partial charge on any atom is 0.123 e. The first-order chi connectivity index (χ1) is 6.66. The molecule has 0 radical (unpaired) electrons. The van der Waals surface area contributed by atoms with Crippen LogP contribution in [-0.4, -0.2) is 0 Å². The predicted octanol–water partition coefficient (Wildman–Crippen LogP) is 4.10. The molecule has 0 saturated carbocycles. The van der Waals surface area contributed by atoms with Crippen molar-refractivity contribution in [1.29, 1.82) is 0 Å². The molecule has 0 nitrogen and oxygen atoms in total. The molecule has 2 rings (SSSR count). The highest BCUT2D eigenvalue weighted by Gasteiger charge is 2.01. The van der Waals surface area contributed by atoms with Crippen LogP contribution in [0.5, 0.6) is 0 Å². The Morgan fingerprint density at radius 1 is 0.929 bits per heavy atom. The quantitative estimate of drug-likeness (QED) is 0.632. The fourth-order valence-corrected chi connectivity index (χ4v) is 1.59. The van der Waals surface area contributed by atoms with Gasteiger partial charge in [-0.05, 0) is 34.4 Å². The second-order valence-electron chi connectivity index (χ2n) is 3.91. The number of fused-ring (bicyclic) bond motifs is 1. The number of halogens is 1. The van der Waals surface area contributed by atoms with Crippen LogP contribution in [-0.2, 0) is 0 Å². The minimum atomic E-state index is -0.171. The first kappa shape index (κ1) is 9.20. The summed E-state index contributed by atoms with van der Waals surface area (Å²) < 4.78 is 12.9. The van der Waals surface area contributed by atoms with Gasteiger partial charge in [0, 0.05) is 0 Å². The molecule has 0 N–H and O–H groups in total. The summed E-state index contributed by atoms with van der Waals surface area (Å²) in [7, 11) is 0. The highest BCUT2D eigenvalue weighted by atomic mass is 19.1. The first-order valence-corrected chi connectivity index (χ1v) is 4.86. The lowest BCUT2D eigenvalue weighted by atomic mass is 9.99. The molecule has 0 fully saturated rings. The third kappa shape index (κ3) is 1.63. The van der Waals surface area contributed by atoms with E-state index in [4.69, 9.17) is 0 Å². The van der Waals surface area contributed by atoms with Crippen LogP contribution in [0.1, 0.15) is 25.3 Å². The van der Waals surface area contributed by atoms with E-state index in [0.717, 1.165) is 10.8 Å². The molecule has 0 aromatic heterocycles. The second-order valence-corrected chi connectivity index (χ2v) is 3.91. The smallest absolute Gasteiger partial charge is 0.123 e. The molecule has 0 amide bonds. The van der Waals surface area contributed by atoms with Gasteiger partial charge in [-0.2, -0.15) is 0 Å². The van der Waals surface area contributed by atoms with Crippen LogP contribution >= 0.6 is 0 Å². The summed E-state index contributed by atoms with van der Waals surface area (Å²) >= 11 is 0. The Balaban J connectivity index is 2.62. The lowest BCUT2D eigenvalue weighted by molar-refractivity contribution is 0.630. The van der Waals surface area contributed by atoms with Crippen LogP contribution in [0.15, 0.2) is 36.4 Å². The van der Waals surface area contributed by atoms with E-state index >= 15 is 0 Å². The van der Waals surface area contributed by atoms with Gasteiger partial charge < -0.3 is 0 Å². The van der Waals surface area contributed by atoms with Crippen LogP contribution in [0.2, 0.25) is 0 Å². The average molecular weight is 188 g/mol. The van der Waals surface area contributed by atoms with Crippen LogP contribution in [0.3, 0.4) is 0 Å². The van der Waals surface area contributed by atoms with Crippen LogP contribution in [0.25, 0.3) is 10.8 Å². The molecule has 0 spiro atoms. The van der Waals surface area contributed by atoms with Gasteiger partial charge in [0.1, 0.15) is 5.82 Å². The molecule has 0 heterocycles. The molecule has 0 bridgehead atoms. The summed E-state index contributed by atoms with van der Waals surface area (Å²) in [6.45, 7) is 4.31. The zero-order chi connectivity index (χ0) is 10.1. The number of hydrogen-bond donors (Lipinski definition) is 0. The minimum Gasteiger partial charge on any atom is -0.207 e. The molecule has 72 valence electrons. The molecule has 1 heteroatoms. The molecular formula is C13H13F. The normalized spacial score (nSPS) is 11.1. The average Bonchev–Trinajstić information content (AvgIpc) is 2.16. The zero-order valence-corrected chi connectivity index (χ0v) is 8.42. The van der Waals surface area contributed by atoms with Crippen molar-refractivity contribution in [3.05, 3.63) is 47.8 Å². The summed E-state index contributed by atoms with van der Waals surface area (Å²) in [5, 5.41) is 2.08. The highest BCUT2D eigenvalue weighted by Crippen LogP contribution is 2.21. The SMILES string of the molecule is CC(C)c1ccc2cc(F)ccc2c1. The first-order valence-electron chi connectivity index (χ1n) is 4.86. The van der Waals surface area contributed by atoms with Crippen LogP contribution in [0, 0.1) is 5.82 Å². The molecule has 14 heavy (non-hydrogen) atoms. The summed E-state index contributed by atoms with van der Waals surface area (Å²) in [6.07, 6.45) is 0. The van der Waals surface area contributed by atoms with Gasteiger partial charge >= 0.3 is 0 Å². The van der Waals surface area contributed by atoms with Gasteiger partial charge in [-0.1, -0.05) is 38.1 Å². The van der Waals surface area contributed by atoms with E-state index in [2.05, 4.69) is 26.0 Å². The second kappa shape index (κ2) is 3.41. The highest BCUT2D eigenvalue weighted by molar-refractivity contribution is 5.83. The Labute approximate surface area is 83.4 Å².